The third-order valence-electron chi connectivity index (χ3n) is 3.37. The van der Waals surface area contributed by atoms with Crippen LogP contribution in [0.25, 0.3) is 0 Å². The first kappa shape index (κ1) is 21.6. The fraction of sp³-hybridized carbons (Fsp3) is 0.350. The number of nitrogens with one attached hydrogen (secondary N) is 1. The third kappa shape index (κ3) is 8.32. The van der Waals surface area contributed by atoms with Gasteiger partial charge in [0.25, 0.3) is 0 Å². The number of halogens is 1. The molecule has 0 heterocycles. The van der Waals surface area contributed by atoms with Crippen LogP contribution in [0.3, 0.4) is 0 Å². The third-order valence-corrected chi connectivity index (χ3v) is 3.37. The Kier molecular flexibility index (Phi) is 10.1. The van der Waals surface area contributed by atoms with Crippen molar-refractivity contribution in [3.05, 3.63) is 72.7 Å². The maximum absolute atomic E-state index is 13.6. The van der Waals surface area contributed by atoms with Gasteiger partial charge in [0.05, 0.1) is 6.54 Å². The van der Waals surface area contributed by atoms with Crippen LogP contribution in [0, 0.1) is 0 Å². The number of allylic oxidation sites excluding steroid dienone is 7. The summed E-state index contributed by atoms with van der Waals surface area (Å²) in [6, 6.07) is 0. The van der Waals surface area contributed by atoms with Crippen molar-refractivity contribution in [3.63, 3.8) is 0 Å². The summed E-state index contributed by atoms with van der Waals surface area (Å²) in [6.45, 7) is 16.7. The number of alkyl halides is 1. The summed E-state index contributed by atoms with van der Waals surface area (Å²) in [5, 5.41) is 3.17. The second-order valence-electron chi connectivity index (χ2n) is 5.53. The number of hydrogen-bond acceptors (Lipinski definition) is 2. The average Bonchev–Trinajstić information content (AvgIpc) is 2.50. The Labute approximate surface area is 145 Å². The SMILES string of the molecule is C=C/C=C(NC(=C)CN(C)C(C)=O)\C(=C/C(C)F)C/C(C=C)=C/C. The molecule has 1 unspecified atom stereocenters. The van der Waals surface area contributed by atoms with Crippen molar-refractivity contribution in [3.8, 4) is 0 Å². The Morgan fingerprint density at radius 2 is 2.00 bits per heavy atom. The van der Waals surface area contributed by atoms with Crippen molar-refractivity contribution in [2.75, 3.05) is 13.6 Å². The van der Waals surface area contributed by atoms with E-state index in [1.165, 1.54) is 13.8 Å². The minimum atomic E-state index is -1.09. The zero-order valence-corrected chi connectivity index (χ0v) is 15.2. The fourth-order valence-electron chi connectivity index (χ4n) is 2.01. The van der Waals surface area contributed by atoms with Crippen molar-refractivity contribution in [1.29, 1.82) is 0 Å². The van der Waals surface area contributed by atoms with Crippen molar-refractivity contribution in [2.24, 2.45) is 0 Å². The molecule has 0 spiro atoms. The van der Waals surface area contributed by atoms with Crippen molar-refractivity contribution < 1.29 is 9.18 Å². The zero-order chi connectivity index (χ0) is 18.7. The second kappa shape index (κ2) is 11.2. The molecule has 3 nitrogen and oxygen atoms in total. The van der Waals surface area contributed by atoms with E-state index in [0.717, 1.165) is 11.1 Å². The largest absolute Gasteiger partial charge is 0.358 e. The summed E-state index contributed by atoms with van der Waals surface area (Å²) in [4.78, 5) is 12.9. The summed E-state index contributed by atoms with van der Waals surface area (Å²) in [5.41, 5.74) is 3.12. The summed E-state index contributed by atoms with van der Waals surface area (Å²) < 4.78 is 13.6. The molecule has 0 aliphatic heterocycles. The Morgan fingerprint density at radius 3 is 2.42 bits per heavy atom. The monoisotopic (exact) mass is 332 g/mol. The molecule has 0 saturated heterocycles. The van der Waals surface area contributed by atoms with Crippen LogP contribution in [0.1, 0.15) is 27.2 Å². The number of carbonyl (C=O) groups is 1. The summed E-state index contributed by atoms with van der Waals surface area (Å²) >= 11 is 0. The minimum absolute atomic E-state index is 0.0526. The lowest BCUT2D eigenvalue weighted by atomic mass is 10.00. The molecule has 1 atom stereocenters. The van der Waals surface area contributed by atoms with Gasteiger partial charge in [-0.3, -0.25) is 4.79 Å². The number of carbonyl (C=O) groups excluding carboxylic acids is 1. The van der Waals surface area contributed by atoms with Gasteiger partial charge in [0.2, 0.25) is 5.91 Å². The Balaban J connectivity index is 5.44. The van der Waals surface area contributed by atoms with Crippen LogP contribution in [0.4, 0.5) is 4.39 Å². The van der Waals surface area contributed by atoms with Gasteiger partial charge in [-0.1, -0.05) is 38.0 Å². The molecule has 24 heavy (non-hydrogen) atoms. The lowest BCUT2D eigenvalue weighted by Gasteiger charge is -2.21. The lowest BCUT2D eigenvalue weighted by molar-refractivity contribution is -0.127. The number of nitrogens with zero attached hydrogens (tertiary/aromatic N) is 1. The molecule has 0 saturated carbocycles. The maximum Gasteiger partial charge on any atom is 0.219 e. The number of rotatable bonds is 10. The first-order valence-electron chi connectivity index (χ1n) is 7.87. The van der Waals surface area contributed by atoms with Crippen LogP contribution in [0.15, 0.2) is 72.7 Å². The molecular weight excluding hydrogens is 303 g/mol. The summed E-state index contributed by atoms with van der Waals surface area (Å²) in [6.07, 6.45) is 8.09. The Bertz CT molecular complexity index is 568. The molecule has 0 radical (unpaired) electrons. The van der Waals surface area contributed by atoms with E-state index in [0.29, 0.717) is 24.4 Å². The highest BCUT2D eigenvalue weighted by atomic mass is 19.1. The van der Waals surface area contributed by atoms with Crippen molar-refractivity contribution in [2.45, 2.75) is 33.4 Å². The van der Waals surface area contributed by atoms with Gasteiger partial charge in [0, 0.05) is 25.4 Å². The van der Waals surface area contributed by atoms with E-state index in [1.807, 2.05) is 13.0 Å². The van der Waals surface area contributed by atoms with Crippen LogP contribution in [-0.2, 0) is 4.79 Å². The van der Waals surface area contributed by atoms with Crippen LogP contribution >= 0.6 is 0 Å². The second-order valence-corrected chi connectivity index (χ2v) is 5.53. The number of likely N-dealkylation sites (N-methyl/N-ethyl adjacent to an activating group) is 1. The zero-order valence-electron chi connectivity index (χ0n) is 15.2. The molecule has 0 bridgehead atoms. The molecule has 1 N–H and O–H groups in total. The van der Waals surface area contributed by atoms with Crippen LogP contribution < -0.4 is 5.32 Å². The molecule has 0 aromatic carbocycles. The average molecular weight is 332 g/mol. The molecular formula is C20H29FN2O. The van der Waals surface area contributed by atoms with Crippen LogP contribution in [0.2, 0.25) is 0 Å². The Morgan fingerprint density at radius 1 is 1.38 bits per heavy atom. The molecule has 0 aromatic heterocycles. The predicted molar refractivity (Wildman–Crippen MR) is 101 cm³/mol. The van der Waals surface area contributed by atoms with E-state index in [-0.39, 0.29) is 5.91 Å². The number of amides is 1. The van der Waals surface area contributed by atoms with Crippen LogP contribution in [-0.4, -0.2) is 30.6 Å². The fourth-order valence-corrected chi connectivity index (χ4v) is 2.01. The highest BCUT2D eigenvalue weighted by molar-refractivity contribution is 5.73. The molecule has 0 aromatic rings. The van der Waals surface area contributed by atoms with Gasteiger partial charge in [-0.25, -0.2) is 4.39 Å². The van der Waals surface area contributed by atoms with E-state index in [1.54, 1.807) is 36.3 Å². The van der Waals surface area contributed by atoms with Crippen molar-refractivity contribution in [1.82, 2.24) is 10.2 Å². The van der Waals surface area contributed by atoms with E-state index in [9.17, 15) is 9.18 Å². The van der Waals surface area contributed by atoms with Gasteiger partial charge in [0.1, 0.15) is 6.17 Å². The van der Waals surface area contributed by atoms with Gasteiger partial charge in [-0.05, 0) is 43.6 Å². The quantitative estimate of drug-likeness (QED) is 0.600. The molecule has 0 aliphatic carbocycles. The first-order valence-corrected chi connectivity index (χ1v) is 7.87. The molecule has 0 aliphatic rings. The van der Waals surface area contributed by atoms with Gasteiger partial charge in [0.15, 0.2) is 0 Å². The molecule has 0 fully saturated rings. The minimum Gasteiger partial charge on any atom is -0.358 e. The van der Waals surface area contributed by atoms with E-state index >= 15 is 0 Å². The van der Waals surface area contributed by atoms with Gasteiger partial charge < -0.3 is 10.2 Å². The summed E-state index contributed by atoms with van der Waals surface area (Å²) in [5.74, 6) is -0.0526. The van der Waals surface area contributed by atoms with Crippen molar-refractivity contribution >= 4 is 5.91 Å². The van der Waals surface area contributed by atoms with E-state index in [4.69, 9.17) is 0 Å². The molecule has 1 amide bonds. The van der Waals surface area contributed by atoms with Gasteiger partial charge in [-0.15, -0.1) is 0 Å². The molecule has 4 heteroatoms. The summed E-state index contributed by atoms with van der Waals surface area (Å²) in [7, 11) is 1.70. The van der Waals surface area contributed by atoms with E-state index < -0.39 is 6.17 Å². The van der Waals surface area contributed by atoms with Gasteiger partial charge in [-0.2, -0.15) is 0 Å². The molecule has 0 rings (SSSR count). The normalized spacial score (nSPS) is 14.0. The maximum atomic E-state index is 13.6. The smallest absolute Gasteiger partial charge is 0.219 e. The number of hydrogen-bond donors (Lipinski definition) is 1. The lowest BCUT2D eigenvalue weighted by Crippen LogP contribution is -2.30. The van der Waals surface area contributed by atoms with E-state index in [2.05, 4.69) is 25.1 Å². The first-order chi connectivity index (χ1) is 11.2. The molecule has 132 valence electrons. The van der Waals surface area contributed by atoms with Gasteiger partial charge >= 0.3 is 0 Å². The highest BCUT2D eigenvalue weighted by Crippen LogP contribution is 2.21. The highest BCUT2D eigenvalue weighted by Gasteiger charge is 2.11. The predicted octanol–water partition coefficient (Wildman–Crippen LogP) is 4.44. The van der Waals surface area contributed by atoms with Crippen LogP contribution in [0.5, 0.6) is 0 Å². The Hall–Kier alpha value is -2.36. The standard InChI is InChI=1S/C20H29FN2O/c1-8-11-20(22-16(5)14-23(7)17(6)24)19(12-15(4)21)13-18(9-2)10-3/h8-12,15,22H,1-2,5,13-14H2,3-4,6-7H3/b18-10+,19-12-,20-11+. The topological polar surface area (TPSA) is 32.3 Å².